The van der Waals surface area contributed by atoms with Crippen molar-refractivity contribution in [3.63, 3.8) is 0 Å². The van der Waals surface area contributed by atoms with Gasteiger partial charge in [-0.15, -0.1) is 0 Å². The number of amides is 1. The minimum Gasteiger partial charge on any atom is -0.465 e. The third-order valence-electron chi connectivity index (χ3n) is 2.31. The zero-order valence-corrected chi connectivity index (χ0v) is 8.48. The molecule has 0 aliphatic rings. The van der Waals surface area contributed by atoms with Gasteiger partial charge >= 0.3 is 6.09 Å². The molecule has 7 nitrogen and oxygen atoms in total. The van der Waals surface area contributed by atoms with E-state index in [1.807, 2.05) is 0 Å². The number of aliphatic hydroxyl groups excluding tert-OH is 1. The average molecular weight is 222 g/mol. The van der Waals surface area contributed by atoms with Crippen molar-refractivity contribution in [2.45, 2.75) is 13.5 Å². The smallest absolute Gasteiger partial charge is 0.410 e. The van der Waals surface area contributed by atoms with Crippen molar-refractivity contribution < 1.29 is 15.0 Å². The summed E-state index contributed by atoms with van der Waals surface area (Å²) in [5.74, 6) is 0.213. The Morgan fingerprint density at radius 3 is 3.00 bits per heavy atom. The molecule has 16 heavy (non-hydrogen) atoms. The molecule has 2 rings (SSSR count). The van der Waals surface area contributed by atoms with E-state index in [0.717, 1.165) is 5.39 Å². The second kappa shape index (κ2) is 3.78. The molecule has 0 spiro atoms. The molecule has 2 aromatic heterocycles. The zero-order valence-electron chi connectivity index (χ0n) is 8.48. The lowest BCUT2D eigenvalue weighted by atomic mass is 10.1. The zero-order chi connectivity index (χ0) is 11.7. The Balaban J connectivity index is 2.65. The second-order valence-corrected chi connectivity index (χ2v) is 3.28. The van der Waals surface area contributed by atoms with E-state index in [4.69, 9.17) is 10.2 Å². The number of carbonyl (C=O) groups is 1. The van der Waals surface area contributed by atoms with Crippen LogP contribution in [0.3, 0.4) is 0 Å². The number of H-pyrrole nitrogens is 1. The SMILES string of the molecule is Cc1c(NC(=O)O)nc(CO)c2[nH]ncc12. The number of anilines is 1. The van der Waals surface area contributed by atoms with E-state index < -0.39 is 6.09 Å². The molecule has 0 saturated carbocycles. The molecule has 0 radical (unpaired) electrons. The van der Waals surface area contributed by atoms with Gasteiger partial charge in [0.25, 0.3) is 0 Å². The van der Waals surface area contributed by atoms with Crippen molar-refractivity contribution in [3.05, 3.63) is 17.5 Å². The van der Waals surface area contributed by atoms with Crippen LogP contribution in [0.1, 0.15) is 11.3 Å². The van der Waals surface area contributed by atoms with E-state index in [2.05, 4.69) is 20.5 Å². The minimum absolute atomic E-state index is 0.213. The molecule has 0 aliphatic carbocycles. The first kappa shape index (κ1) is 10.4. The van der Waals surface area contributed by atoms with Crippen LogP contribution in [-0.4, -0.2) is 31.5 Å². The Bertz CT molecular complexity index is 549. The van der Waals surface area contributed by atoms with Crippen molar-refractivity contribution in [2.24, 2.45) is 0 Å². The summed E-state index contributed by atoms with van der Waals surface area (Å²) < 4.78 is 0. The van der Waals surface area contributed by atoms with E-state index in [0.29, 0.717) is 16.8 Å². The molecule has 0 unspecified atom stereocenters. The number of aromatic amines is 1. The molecular weight excluding hydrogens is 212 g/mol. The Hall–Kier alpha value is -2.15. The Morgan fingerprint density at radius 1 is 1.62 bits per heavy atom. The number of aromatic nitrogens is 3. The van der Waals surface area contributed by atoms with Crippen molar-refractivity contribution in [1.82, 2.24) is 15.2 Å². The van der Waals surface area contributed by atoms with Crippen LogP contribution in [0.25, 0.3) is 10.9 Å². The molecule has 0 saturated heterocycles. The number of hydrogen-bond acceptors (Lipinski definition) is 4. The van der Waals surface area contributed by atoms with Crippen LogP contribution in [-0.2, 0) is 6.61 Å². The fourth-order valence-corrected chi connectivity index (χ4v) is 1.53. The largest absolute Gasteiger partial charge is 0.465 e. The summed E-state index contributed by atoms with van der Waals surface area (Å²) >= 11 is 0. The number of rotatable bonds is 2. The van der Waals surface area contributed by atoms with Crippen LogP contribution < -0.4 is 5.32 Å². The molecular formula is C9H10N4O3. The van der Waals surface area contributed by atoms with Gasteiger partial charge in [-0.25, -0.2) is 9.78 Å². The number of nitrogens with zero attached hydrogens (tertiary/aromatic N) is 2. The summed E-state index contributed by atoms with van der Waals surface area (Å²) in [6, 6.07) is 0. The number of aryl methyl sites for hydroxylation is 1. The maximum Gasteiger partial charge on any atom is 0.410 e. The number of aliphatic hydroxyl groups is 1. The van der Waals surface area contributed by atoms with Gasteiger partial charge in [-0.2, -0.15) is 5.10 Å². The monoisotopic (exact) mass is 222 g/mol. The second-order valence-electron chi connectivity index (χ2n) is 3.28. The van der Waals surface area contributed by atoms with Crippen LogP contribution in [0, 0.1) is 6.92 Å². The van der Waals surface area contributed by atoms with Crippen LogP contribution >= 0.6 is 0 Å². The summed E-state index contributed by atoms with van der Waals surface area (Å²) in [6.45, 7) is 1.45. The maximum absolute atomic E-state index is 10.6. The van der Waals surface area contributed by atoms with Crippen molar-refractivity contribution >= 4 is 22.8 Å². The molecule has 4 N–H and O–H groups in total. The summed E-state index contributed by atoms with van der Waals surface area (Å²) in [4.78, 5) is 14.6. The summed E-state index contributed by atoms with van der Waals surface area (Å²) in [7, 11) is 0. The molecule has 2 heterocycles. The van der Waals surface area contributed by atoms with E-state index in [9.17, 15) is 4.79 Å². The highest BCUT2D eigenvalue weighted by Crippen LogP contribution is 2.24. The lowest BCUT2D eigenvalue weighted by molar-refractivity contribution is 0.209. The van der Waals surface area contributed by atoms with E-state index in [-0.39, 0.29) is 12.4 Å². The van der Waals surface area contributed by atoms with E-state index in [1.54, 1.807) is 13.1 Å². The topological polar surface area (TPSA) is 111 Å². The summed E-state index contributed by atoms with van der Waals surface area (Å²) in [5.41, 5.74) is 1.65. The highest BCUT2D eigenvalue weighted by Gasteiger charge is 2.13. The first-order valence-corrected chi connectivity index (χ1v) is 4.57. The molecule has 0 aromatic carbocycles. The van der Waals surface area contributed by atoms with E-state index >= 15 is 0 Å². The van der Waals surface area contributed by atoms with Crippen LogP contribution in [0.5, 0.6) is 0 Å². The fourth-order valence-electron chi connectivity index (χ4n) is 1.53. The molecule has 0 fully saturated rings. The molecule has 0 bridgehead atoms. The molecule has 2 aromatic rings. The Kier molecular flexibility index (Phi) is 2.45. The van der Waals surface area contributed by atoms with E-state index in [1.165, 1.54) is 0 Å². The van der Waals surface area contributed by atoms with Gasteiger partial charge in [-0.1, -0.05) is 0 Å². The number of hydrogen-bond donors (Lipinski definition) is 4. The predicted octanol–water partition coefficient (Wildman–Crippen LogP) is 0.849. The number of nitrogens with one attached hydrogen (secondary N) is 2. The number of pyridine rings is 1. The van der Waals surface area contributed by atoms with Gasteiger partial charge in [0.05, 0.1) is 24.0 Å². The van der Waals surface area contributed by atoms with Crippen molar-refractivity contribution in [3.8, 4) is 0 Å². The van der Waals surface area contributed by atoms with Crippen LogP contribution in [0.2, 0.25) is 0 Å². The lowest BCUT2D eigenvalue weighted by Gasteiger charge is -2.07. The molecule has 1 amide bonds. The Labute approximate surface area is 90.1 Å². The normalized spacial score (nSPS) is 10.6. The molecule has 7 heteroatoms. The average Bonchev–Trinajstić information content (AvgIpc) is 2.70. The summed E-state index contributed by atoms with van der Waals surface area (Å²) in [6.07, 6.45) is 0.376. The van der Waals surface area contributed by atoms with Gasteiger partial charge < -0.3 is 10.2 Å². The third-order valence-corrected chi connectivity index (χ3v) is 2.31. The van der Waals surface area contributed by atoms with Gasteiger partial charge in [0.1, 0.15) is 5.82 Å². The van der Waals surface area contributed by atoms with Gasteiger partial charge in [0.15, 0.2) is 0 Å². The highest BCUT2D eigenvalue weighted by molar-refractivity contribution is 5.91. The van der Waals surface area contributed by atoms with Crippen molar-refractivity contribution in [2.75, 3.05) is 5.32 Å². The molecule has 0 atom stereocenters. The maximum atomic E-state index is 10.6. The van der Waals surface area contributed by atoms with Gasteiger partial charge in [0, 0.05) is 10.9 Å². The van der Waals surface area contributed by atoms with Crippen LogP contribution in [0.4, 0.5) is 10.6 Å². The first-order valence-electron chi connectivity index (χ1n) is 4.57. The van der Waals surface area contributed by atoms with Gasteiger partial charge in [-0.3, -0.25) is 10.4 Å². The third kappa shape index (κ3) is 1.57. The van der Waals surface area contributed by atoms with Crippen LogP contribution in [0.15, 0.2) is 6.20 Å². The number of carboxylic acid groups (broad SMARTS) is 1. The lowest BCUT2D eigenvalue weighted by Crippen LogP contribution is -2.11. The fraction of sp³-hybridized carbons (Fsp3) is 0.222. The first-order chi connectivity index (χ1) is 7.63. The van der Waals surface area contributed by atoms with Gasteiger partial charge in [-0.05, 0) is 6.92 Å². The quantitative estimate of drug-likeness (QED) is 0.601. The van der Waals surface area contributed by atoms with Crippen molar-refractivity contribution in [1.29, 1.82) is 0 Å². The standard InChI is InChI=1S/C9H10N4O3/c1-4-5-2-10-13-7(5)6(3-14)11-8(4)12-9(15)16/h2,14H,3H2,1H3,(H,10,13)(H,11,12)(H,15,16). The highest BCUT2D eigenvalue weighted by atomic mass is 16.4. The van der Waals surface area contributed by atoms with Gasteiger partial charge in [0.2, 0.25) is 0 Å². The number of fused-ring (bicyclic) bond motifs is 1. The predicted molar refractivity (Wildman–Crippen MR) is 56.2 cm³/mol. The molecule has 84 valence electrons. The summed E-state index contributed by atoms with van der Waals surface area (Å²) in [5, 5.41) is 27.2. The Morgan fingerprint density at radius 2 is 2.38 bits per heavy atom. The molecule has 0 aliphatic heterocycles. The minimum atomic E-state index is -1.19.